The Labute approximate surface area is 93.4 Å². The van der Waals surface area contributed by atoms with Gasteiger partial charge in [0.2, 0.25) is 0 Å². The maximum atomic E-state index is 13.4. The van der Waals surface area contributed by atoms with Crippen molar-refractivity contribution in [3.8, 4) is 5.75 Å². The predicted molar refractivity (Wildman–Crippen MR) is 58.1 cm³/mol. The van der Waals surface area contributed by atoms with Crippen LogP contribution in [-0.4, -0.2) is 26.2 Å². The van der Waals surface area contributed by atoms with E-state index in [9.17, 15) is 9.18 Å². The third kappa shape index (κ3) is 3.42. The van der Waals surface area contributed by atoms with Crippen molar-refractivity contribution in [1.82, 2.24) is 0 Å². The first-order chi connectivity index (χ1) is 7.67. The van der Waals surface area contributed by atoms with Crippen LogP contribution in [0.1, 0.15) is 6.92 Å². The summed E-state index contributed by atoms with van der Waals surface area (Å²) >= 11 is 0. The molecule has 0 bridgehead atoms. The summed E-state index contributed by atoms with van der Waals surface area (Å²) in [6.45, 7) is 2.19. The first-order valence-electron chi connectivity index (χ1n) is 4.90. The van der Waals surface area contributed by atoms with E-state index in [1.807, 2.05) is 0 Å². The maximum absolute atomic E-state index is 13.4. The zero-order valence-electron chi connectivity index (χ0n) is 9.25. The van der Waals surface area contributed by atoms with Gasteiger partial charge in [0.25, 0.3) is 0 Å². The number of benzene rings is 1. The molecule has 0 unspecified atom stereocenters. The molecule has 0 saturated carbocycles. The molecule has 0 saturated heterocycles. The Morgan fingerprint density at radius 1 is 1.50 bits per heavy atom. The fraction of sp³-hybridized carbons (Fsp3) is 0.364. The molecule has 0 radical (unpaired) electrons. The maximum Gasteiger partial charge on any atom is 0.325 e. The number of esters is 1. The number of anilines is 1. The average molecular weight is 227 g/mol. The van der Waals surface area contributed by atoms with Gasteiger partial charge in [-0.15, -0.1) is 0 Å². The molecule has 1 aromatic rings. The molecule has 0 aliphatic rings. The van der Waals surface area contributed by atoms with Gasteiger partial charge >= 0.3 is 5.97 Å². The quantitative estimate of drug-likeness (QED) is 0.779. The van der Waals surface area contributed by atoms with Crippen LogP contribution >= 0.6 is 0 Å². The van der Waals surface area contributed by atoms with Crippen molar-refractivity contribution in [3.05, 3.63) is 24.0 Å². The molecule has 5 heteroatoms. The Morgan fingerprint density at radius 2 is 2.25 bits per heavy atom. The normalized spacial score (nSPS) is 9.69. The number of carbonyl (C=O) groups is 1. The predicted octanol–water partition coefficient (Wildman–Crippen LogP) is 1.81. The zero-order chi connectivity index (χ0) is 12.0. The van der Waals surface area contributed by atoms with Crippen LogP contribution in [0.3, 0.4) is 0 Å². The van der Waals surface area contributed by atoms with Gasteiger partial charge in [-0.3, -0.25) is 4.79 Å². The molecule has 4 nitrogen and oxygen atoms in total. The van der Waals surface area contributed by atoms with Crippen molar-refractivity contribution in [3.63, 3.8) is 0 Å². The van der Waals surface area contributed by atoms with Crippen LogP contribution < -0.4 is 10.1 Å². The van der Waals surface area contributed by atoms with Crippen molar-refractivity contribution in [1.29, 1.82) is 0 Å². The van der Waals surface area contributed by atoms with Gasteiger partial charge in [0, 0.05) is 11.8 Å². The second kappa shape index (κ2) is 5.95. The monoisotopic (exact) mass is 227 g/mol. The van der Waals surface area contributed by atoms with E-state index < -0.39 is 11.8 Å². The molecule has 1 N–H and O–H groups in total. The summed E-state index contributed by atoms with van der Waals surface area (Å²) in [5, 5.41) is 2.74. The molecule has 0 aliphatic carbocycles. The SMILES string of the molecule is CCOc1ccc(NCC(=O)OC)cc1F. The summed E-state index contributed by atoms with van der Waals surface area (Å²) in [6, 6.07) is 4.42. The van der Waals surface area contributed by atoms with Gasteiger partial charge < -0.3 is 14.8 Å². The van der Waals surface area contributed by atoms with Gasteiger partial charge in [-0.25, -0.2) is 4.39 Å². The molecule has 0 aromatic heterocycles. The van der Waals surface area contributed by atoms with Crippen molar-refractivity contribution in [2.75, 3.05) is 25.6 Å². The van der Waals surface area contributed by atoms with Gasteiger partial charge in [0.05, 0.1) is 13.7 Å². The summed E-state index contributed by atoms with van der Waals surface area (Å²) in [5.41, 5.74) is 0.506. The molecular formula is C11H14FNO3. The first-order valence-corrected chi connectivity index (χ1v) is 4.90. The molecule has 0 heterocycles. The van der Waals surface area contributed by atoms with Gasteiger partial charge in [-0.1, -0.05) is 0 Å². The van der Waals surface area contributed by atoms with Crippen LogP contribution in [0, 0.1) is 5.82 Å². The topological polar surface area (TPSA) is 47.6 Å². The second-order valence-electron chi connectivity index (χ2n) is 3.01. The molecule has 16 heavy (non-hydrogen) atoms. The van der Waals surface area contributed by atoms with Crippen LogP contribution in [0.5, 0.6) is 5.75 Å². The summed E-state index contributed by atoms with van der Waals surface area (Å²) in [4.78, 5) is 10.8. The Balaban J connectivity index is 2.62. The number of halogens is 1. The molecule has 0 atom stereocenters. The zero-order valence-corrected chi connectivity index (χ0v) is 9.25. The lowest BCUT2D eigenvalue weighted by Gasteiger charge is -2.08. The minimum absolute atomic E-state index is 0.00389. The van der Waals surface area contributed by atoms with Crippen molar-refractivity contribution in [2.24, 2.45) is 0 Å². The third-order valence-electron chi connectivity index (χ3n) is 1.90. The van der Waals surface area contributed by atoms with E-state index in [-0.39, 0.29) is 12.3 Å². The van der Waals surface area contributed by atoms with Crippen LogP contribution in [0.2, 0.25) is 0 Å². The van der Waals surface area contributed by atoms with E-state index in [1.165, 1.54) is 19.2 Å². The fourth-order valence-electron chi connectivity index (χ4n) is 1.13. The van der Waals surface area contributed by atoms with Crippen molar-refractivity contribution in [2.45, 2.75) is 6.92 Å². The summed E-state index contributed by atoms with van der Waals surface area (Å²) in [7, 11) is 1.29. The van der Waals surface area contributed by atoms with Gasteiger partial charge in [0.15, 0.2) is 11.6 Å². The average Bonchev–Trinajstić information content (AvgIpc) is 2.29. The number of carbonyl (C=O) groups excluding carboxylic acids is 1. The smallest absolute Gasteiger partial charge is 0.325 e. The van der Waals surface area contributed by atoms with Gasteiger partial charge in [-0.2, -0.15) is 0 Å². The number of nitrogens with one attached hydrogen (secondary N) is 1. The lowest BCUT2D eigenvalue weighted by molar-refractivity contribution is -0.138. The Hall–Kier alpha value is -1.78. The number of methoxy groups -OCH3 is 1. The van der Waals surface area contributed by atoms with Crippen LogP contribution in [0.15, 0.2) is 18.2 Å². The summed E-state index contributed by atoms with van der Waals surface area (Å²) < 4.78 is 22.9. The molecule has 0 amide bonds. The summed E-state index contributed by atoms with van der Waals surface area (Å²) in [6.07, 6.45) is 0. The number of ether oxygens (including phenoxy) is 2. The Bertz CT molecular complexity index is 368. The molecule has 1 aromatic carbocycles. The largest absolute Gasteiger partial charge is 0.491 e. The van der Waals surface area contributed by atoms with Crippen molar-refractivity contribution < 1.29 is 18.7 Å². The lowest BCUT2D eigenvalue weighted by atomic mass is 10.3. The fourth-order valence-corrected chi connectivity index (χ4v) is 1.13. The van der Waals surface area contributed by atoms with E-state index in [0.29, 0.717) is 12.3 Å². The van der Waals surface area contributed by atoms with E-state index in [2.05, 4.69) is 10.1 Å². The van der Waals surface area contributed by atoms with Crippen LogP contribution in [0.25, 0.3) is 0 Å². The standard InChI is InChI=1S/C11H14FNO3/c1-3-16-10-5-4-8(6-9(10)12)13-7-11(14)15-2/h4-6,13H,3,7H2,1-2H3. The highest BCUT2D eigenvalue weighted by atomic mass is 19.1. The Morgan fingerprint density at radius 3 is 2.81 bits per heavy atom. The second-order valence-corrected chi connectivity index (χ2v) is 3.01. The van der Waals surface area contributed by atoms with Gasteiger partial charge in [0.1, 0.15) is 6.54 Å². The minimum Gasteiger partial charge on any atom is -0.491 e. The molecule has 1 rings (SSSR count). The van der Waals surface area contributed by atoms with E-state index in [0.717, 1.165) is 0 Å². The highest BCUT2D eigenvalue weighted by Gasteiger charge is 2.05. The van der Waals surface area contributed by atoms with E-state index in [4.69, 9.17) is 4.74 Å². The number of hydrogen-bond acceptors (Lipinski definition) is 4. The molecule has 88 valence electrons. The van der Waals surface area contributed by atoms with Gasteiger partial charge in [-0.05, 0) is 19.1 Å². The van der Waals surface area contributed by atoms with Crippen LogP contribution in [-0.2, 0) is 9.53 Å². The summed E-state index contributed by atoms with van der Waals surface area (Å²) in [5.74, 6) is -0.669. The van der Waals surface area contributed by atoms with Crippen LogP contribution in [0.4, 0.5) is 10.1 Å². The number of hydrogen-bond donors (Lipinski definition) is 1. The molecule has 0 aliphatic heterocycles. The van der Waals surface area contributed by atoms with E-state index >= 15 is 0 Å². The highest BCUT2D eigenvalue weighted by Crippen LogP contribution is 2.20. The first kappa shape index (κ1) is 12.3. The Kier molecular flexibility index (Phi) is 4.57. The molecule has 0 fully saturated rings. The highest BCUT2D eigenvalue weighted by molar-refractivity contribution is 5.74. The van der Waals surface area contributed by atoms with Crippen molar-refractivity contribution >= 4 is 11.7 Å². The molecule has 0 spiro atoms. The molecular weight excluding hydrogens is 213 g/mol. The third-order valence-corrected chi connectivity index (χ3v) is 1.90. The van der Waals surface area contributed by atoms with E-state index in [1.54, 1.807) is 13.0 Å². The number of rotatable bonds is 5. The lowest BCUT2D eigenvalue weighted by Crippen LogP contribution is -2.15. The minimum atomic E-state index is -0.461.